The molecule has 0 amide bonds. The van der Waals surface area contributed by atoms with Crippen LogP contribution in [0, 0.1) is 13.8 Å². The lowest BCUT2D eigenvalue weighted by molar-refractivity contribution is 0.432. The van der Waals surface area contributed by atoms with Gasteiger partial charge in [-0.3, -0.25) is 4.98 Å². The molecule has 4 aromatic rings. The van der Waals surface area contributed by atoms with Crippen LogP contribution in [0.4, 0.5) is 0 Å². The number of nitrogens with zero attached hydrogens (tertiary/aromatic N) is 4. The zero-order valence-corrected chi connectivity index (χ0v) is 15.4. The molecule has 5 rings (SSSR count). The molecule has 3 aromatic heterocycles. The molecule has 130 valence electrons. The van der Waals surface area contributed by atoms with E-state index in [0.29, 0.717) is 11.7 Å². The second-order valence-electron chi connectivity index (χ2n) is 6.49. The number of fused-ring (bicyclic) bond motifs is 2. The van der Waals surface area contributed by atoms with Gasteiger partial charge in [0.2, 0.25) is 5.82 Å². The summed E-state index contributed by atoms with van der Waals surface area (Å²) in [6.45, 7) is 5.80. The summed E-state index contributed by atoms with van der Waals surface area (Å²) in [5.74, 6) is 1.12. The van der Waals surface area contributed by atoms with Crippen molar-refractivity contribution in [1.29, 1.82) is 0 Å². The number of hydrogen-bond donors (Lipinski definition) is 1. The van der Waals surface area contributed by atoms with E-state index in [2.05, 4.69) is 31.5 Å². The molecule has 0 radical (unpaired) electrons. The average Bonchev–Trinajstić information content (AvgIpc) is 3.26. The monoisotopic (exact) mass is 363 g/mol. The van der Waals surface area contributed by atoms with Crippen molar-refractivity contribution in [2.24, 2.45) is 0 Å². The quantitative estimate of drug-likeness (QED) is 0.585. The summed E-state index contributed by atoms with van der Waals surface area (Å²) in [5.41, 5.74) is 6.27. The topological polar surface area (TPSA) is 76.7 Å². The van der Waals surface area contributed by atoms with Crippen molar-refractivity contribution in [3.8, 4) is 22.8 Å². The Labute approximate surface area is 154 Å². The summed E-state index contributed by atoms with van der Waals surface area (Å²) in [5, 5.41) is 8.68. The first-order chi connectivity index (χ1) is 12.7. The number of rotatable bonds is 2. The number of thiazole rings is 1. The Hall–Kier alpha value is -2.64. The molecular weight excluding hydrogens is 346 g/mol. The Kier molecular flexibility index (Phi) is 3.58. The first-order valence-electron chi connectivity index (χ1n) is 8.59. The van der Waals surface area contributed by atoms with Crippen molar-refractivity contribution in [1.82, 2.24) is 25.4 Å². The Morgan fingerprint density at radius 1 is 1.19 bits per heavy atom. The smallest absolute Gasteiger partial charge is 0.258 e. The van der Waals surface area contributed by atoms with Gasteiger partial charge in [-0.15, -0.1) is 11.3 Å². The van der Waals surface area contributed by atoms with Gasteiger partial charge in [0.05, 0.1) is 15.2 Å². The minimum atomic E-state index is 0.512. The fourth-order valence-corrected chi connectivity index (χ4v) is 4.29. The Morgan fingerprint density at radius 2 is 2.12 bits per heavy atom. The van der Waals surface area contributed by atoms with Gasteiger partial charge < -0.3 is 9.84 Å². The van der Waals surface area contributed by atoms with Crippen LogP contribution >= 0.6 is 11.3 Å². The van der Waals surface area contributed by atoms with Crippen molar-refractivity contribution >= 4 is 21.6 Å². The normalized spacial score (nSPS) is 13.9. The maximum absolute atomic E-state index is 5.58. The van der Waals surface area contributed by atoms with Crippen LogP contribution in [0.3, 0.4) is 0 Å². The first-order valence-corrected chi connectivity index (χ1v) is 9.40. The molecule has 26 heavy (non-hydrogen) atoms. The predicted molar refractivity (Wildman–Crippen MR) is 101 cm³/mol. The van der Waals surface area contributed by atoms with Crippen molar-refractivity contribution in [2.75, 3.05) is 6.54 Å². The number of hydrogen-bond acceptors (Lipinski definition) is 7. The van der Waals surface area contributed by atoms with Crippen LogP contribution in [-0.4, -0.2) is 26.7 Å². The van der Waals surface area contributed by atoms with Gasteiger partial charge in [-0.2, -0.15) is 4.98 Å². The molecular formula is C19H17N5OS. The minimum absolute atomic E-state index is 0.512. The molecule has 1 aliphatic rings. The lowest BCUT2D eigenvalue weighted by atomic mass is 9.95. The summed E-state index contributed by atoms with van der Waals surface area (Å²) in [6.07, 6.45) is 2.89. The molecule has 1 aliphatic heterocycles. The highest BCUT2D eigenvalue weighted by Crippen LogP contribution is 2.31. The summed E-state index contributed by atoms with van der Waals surface area (Å²) < 4.78 is 6.74. The highest BCUT2D eigenvalue weighted by molar-refractivity contribution is 7.18. The molecule has 7 heteroatoms. The lowest BCUT2D eigenvalue weighted by Gasteiger charge is -2.19. The van der Waals surface area contributed by atoms with Crippen LogP contribution in [0.2, 0.25) is 0 Å². The Bertz CT molecular complexity index is 1130. The van der Waals surface area contributed by atoms with E-state index in [1.807, 2.05) is 32.2 Å². The fraction of sp³-hybridized carbons (Fsp3) is 0.263. The maximum Gasteiger partial charge on any atom is 0.258 e. The summed E-state index contributed by atoms with van der Waals surface area (Å²) in [4.78, 5) is 13.7. The standard InChI is InChI=1S/C19H17N5OS/c1-10-17(14-5-6-20-8-13(14)9-21-10)18-23-19(25-24-18)12-3-4-16-15(7-12)22-11(2)26-16/h3-4,7,9,20H,5-6,8H2,1-2H3. The molecule has 0 saturated heterocycles. The lowest BCUT2D eigenvalue weighted by Crippen LogP contribution is -2.24. The number of nitrogens with one attached hydrogen (secondary N) is 1. The largest absolute Gasteiger partial charge is 0.334 e. The third kappa shape index (κ3) is 2.51. The molecule has 0 saturated carbocycles. The third-order valence-corrected chi connectivity index (χ3v) is 5.68. The van der Waals surface area contributed by atoms with E-state index < -0.39 is 0 Å². The molecule has 0 unspecified atom stereocenters. The van der Waals surface area contributed by atoms with Gasteiger partial charge in [0.15, 0.2) is 0 Å². The predicted octanol–water partition coefficient (Wildman–Crippen LogP) is 3.67. The molecule has 0 spiro atoms. The molecule has 0 fully saturated rings. The van der Waals surface area contributed by atoms with Gasteiger partial charge in [-0.1, -0.05) is 5.16 Å². The number of pyridine rings is 1. The molecule has 1 N–H and O–H groups in total. The van der Waals surface area contributed by atoms with Crippen molar-refractivity contribution < 1.29 is 4.52 Å². The van der Waals surface area contributed by atoms with Crippen molar-refractivity contribution in [3.05, 3.63) is 46.2 Å². The number of aromatic nitrogens is 4. The second-order valence-corrected chi connectivity index (χ2v) is 7.72. The zero-order valence-electron chi connectivity index (χ0n) is 14.5. The fourth-order valence-electron chi connectivity index (χ4n) is 3.49. The van der Waals surface area contributed by atoms with E-state index >= 15 is 0 Å². The maximum atomic E-state index is 5.58. The van der Waals surface area contributed by atoms with Gasteiger partial charge in [-0.25, -0.2) is 4.98 Å². The van der Waals surface area contributed by atoms with E-state index in [-0.39, 0.29) is 0 Å². The van der Waals surface area contributed by atoms with E-state index in [1.165, 1.54) is 11.1 Å². The first kappa shape index (κ1) is 15.6. The average molecular weight is 363 g/mol. The molecule has 0 aliphatic carbocycles. The zero-order chi connectivity index (χ0) is 17.7. The summed E-state index contributed by atoms with van der Waals surface area (Å²) in [6, 6.07) is 6.07. The molecule has 1 aromatic carbocycles. The van der Waals surface area contributed by atoms with Gasteiger partial charge in [0, 0.05) is 29.6 Å². The highest BCUT2D eigenvalue weighted by Gasteiger charge is 2.21. The Balaban J connectivity index is 1.60. The minimum Gasteiger partial charge on any atom is -0.334 e. The van der Waals surface area contributed by atoms with Crippen molar-refractivity contribution in [2.45, 2.75) is 26.8 Å². The van der Waals surface area contributed by atoms with Gasteiger partial charge in [0.1, 0.15) is 0 Å². The summed E-state index contributed by atoms with van der Waals surface area (Å²) in [7, 11) is 0. The third-order valence-electron chi connectivity index (χ3n) is 4.72. The highest BCUT2D eigenvalue weighted by atomic mass is 32.1. The molecule has 0 atom stereocenters. The van der Waals surface area contributed by atoms with E-state index in [0.717, 1.165) is 51.6 Å². The Morgan fingerprint density at radius 3 is 3.04 bits per heavy atom. The molecule has 0 bridgehead atoms. The number of benzene rings is 1. The van der Waals surface area contributed by atoms with Gasteiger partial charge in [0.25, 0.3) is 5.89 Å². The van der Waals surface area contributed by atoms with Crippen LogP contribution in [0.1, 0.15) is 21.8 Å². The van der Waals surface area contributed by atoms with Gasteiger partial charge in [-0.05, 0) is 56.1 Å². The van der Waals surface area contributed by atoms with Crippen LogP contribution in [0.25, 0.3) is 33.1 Å². The van der Waals surface area contributed by atoms with E-state index in [1.54, 1.807) is 11.3 Å². The van der Waals surface area contributed by atoms with Crippen molar-refractivity contribution in [3.63, 3.8) is 0 Å². The molecule has 6 nitrogen and oxygen atoms in total. The van der Waals surface area contributed by atoms with Crippen LogP contribution in [0.5, 0.6) is 0 Å². The van der Waals surface area contributed by atoms with Crippen LogP contribution < -0.4 is 5.32 Å². The molecule has 4 heterocycles. The van der Waals surface area contributed by atoms with E-state index in [9.17, 15) is 0 Å². The van der Waals surface area contributed by atoms with Crippen LogP contribution in [-0.2, 0) is 13.0 Å². The van der Waals surface area contributed by atoms with Crippen LogP contribution in [0.15, 0.2) is 28.9 Å². The SMILES string of the molecule is Cc1nc2cc(-c3nc(-c4c(C)ncc5c4CCNC5)no3)ccc2s1. The number of aryl methyl sites for hydroxylation is 2. The van der Waals surface area contributed by atoms with Gasteiger partial charge >= 0.3 is 0 Å². The summed E-state index contributed by atoms with van der Waals surface area (Å²) >= 11 is 1.68. The van der Waals surface area contributed by atoms with E-state index in [4.69, 9.17) is 4.52 Å². The second kappa shape index (κ2) is 5.96.